The first-order valence-corrected chi connectivity index (χ1v) is 8.31. The van der Waals surface area contributed by atoms with Crippen molar-refractivity contribution >= 4 is 33.7 Å². The first-order chi connectivity index (χ1) is 11.1. The molecule has 0 radical (unpaired) electrons. The molecule has 0 heterocycles. The summed E-state index contributed by atoms with van der Waals surface area (Å²) in [4.78, 5) is 36.7. The maximum atomic E-state index is 11.9. The summed E-state index contributed by atoms with van der Waals surface area (Å²) in [5.74, 6) is -1.18. The Balaban J connectivity index is 2.37. The van der Waals surface area contributed by atoms with Crippen molar-refractivity contribution in [2.24, 2.45) is 0 Å². The van der Waals surface area contributed by atoms with Gasteiger partial charge in [-0.15, -0.1) is 0 Å². The number of rotatable bonds is 6. The van der Waals surface area contributed by atoms with Crippen LogP contribution in [0.4, 0.5) is 0 Å². The number of nitrogens with zero attached hydrogens (tertiary/aromatic N) is 1. The fourth-order valence-corrected chi connectivity index (χ4v) is 2.10. The van der Waals surface area contributed by atoms with E-state index in [1.165, 1.54) is 11.9 Å². The normalized spacial score (nSPS) is 10.9. The fourth-order valence-electron chi connectivity index (χ4n) is 1.83. The molecule has 24 heavy (non-hydrogen) atoms. The lowest BCUT2D eigenvalue weighted by molar-refractivity contribution is -0.151. The number of carbonyl (C=O) groups excluding carboxylic acids is 3. The zero-order valence-corrected chi connectivity index (χ0v) is 16.0. The van der Waals surface area contributed by atoms with E-state index in [4.69, 9.17) is 4.74 Å². The van der Waals surface area contributed by atoms with Gasteiger partial charge in [-0.05, 0) is 38.5 Å². The van der Waals surface area contributed by atoms with Gasteiger partial charge in [0.1, 0.15) is 0 Å². The number of halogens is 1. The molecular weight excluding hydrogens is 376 g/mol. The number of hydrogen-bond donors (Lipinski definition) is 1. The number of benzene rings is 1. The maximum Gasteiger partial charge on any atom is 0.310 e. The van der Waals surface area contributed by atoms with E-state index in [9.17, 15) is 14.4 Å². The number of esters is 1. The molecule has 0 spiro atoms. The van der Waals surface area contributed by atoms with E-state index in [0.717, 1.165) is 10.0 Å². The van der Waals surface area contributed by atoms with Gasteiger partial charge in [0.15, 0.2) is 6.61 Å². The van der Waals surface area contributed by atoms with Gasteiger partial charge in [0, 0.05) is 17.1 Å². The van der Waals surface area contributed by atoms with Crippen LogP contribution in [0.2, 0.25) is 0 Å². The van der Waals surface area contributed by atoms with Gasteiger partial charge in [-0.2, -0.15) is 0 Å². The number of hydrogen-bond acceptors (Lipinski definition) is 4. The van der Waals surface area contributed by atoms with Crippen molar-refractivity contribution in [3.05, 3.63) is 34.3 Å². The van der Waals surface area contributed by atoms with Crippen molar-refractivity contribution in [3.8, 4) is 0 Å². The summed E-state index contributed by atoms with van der Waals surface area (Å²) in [5.41, 5.74) is 0.437. The Bertz CT molecular complexity index is 594. The molecule has 0 aliphatic rings. The third-order valence-electron chi connectivity index (χ3n) is 2.94. The Kier molecular flexibility index (Phi) is 7.41. The molecule has 0 bridgehead atoms. The lowest BCUT2D eigenvalue weighted by Gasteiger charge is -2.23. The van der Waals surface area contributed by atoms with Crippen molar-refractivity contribution in [1.82, 2.24) is 10.2 Å². The molecule has 132 valence electrons. The van der Waals surface area contributed by atoms with Gasteiger partial charge in [-0.25, -0.2) is 0 Å². The summed E-state index contributed by atoms with van der Waals surface area (Å²) >= 11 is 3.32. The van der Waals surface area contributed by atoms with Crippen molar-refractivity contribution in [2.45, 2.75) is 32.7 Å². The second kappa shape index (κ2) is 8.82. The largest absolute Gasteiger partial charge is 0.455 e. The second-order valence-electron chi connectivity index (χ2n) is 6.51. The van der Waals surface area contributed by atoms with Gasteiger partial charge in [0.05, 0.1) is 13.0 Å². The quantitative estimate of drug-likeness (QED) is 0.742. The molecule has 0 saturated heterocycles. The van der Waals surface area contributed by atoms with E-state index in [0.29, 0.717) is 0 Å². The van der Waals surface area contributed by atoms with Gasteiger partial charge in [-0.3, -0.25) is 14.4 Å². The summed E-state index contributed by atoms with van der Waals surface area (Å²) in [6, 6.07) is 7.26. The number of ether oxygens (including phenoxy) is 1. The average molecular weight is 399 g/mol. The Morgan fingerprint density at radius 1 is 1.17 bits per heavy atom. The molecule has 7 heteroatoms. The van der Waals surface area contributed by atoms with Crippen LogP contribution >= 0.6 is 15.9 Å². The highest BCUT2D eigenvalue weighted by molar-refractivity contribution is 9.10. The summed E-state index contributed by atoms with van der Waals surface area (Å²) in [7, 11) is 1.49. The van der Waals surface area contributed by atoms with Gasteiger partial charge < -0.3 is 15.0 Å². The van der Waals surface area contributed by atoms with Gasteiger partial charge in [-0.1, -0.05) is 28.1 Å². The molecule has 2 amide bonds. The molecule has 1 N–H and O–H groups in total. The molecule has 1 rings (SSSR count). The molecule has 1 aromatic carbocycles. The predicted octanol–water partition coefficient (Wildman–Crippen LogP) is 1.91. The highest BCUT2D eigenvalue weighted by Gasteiger charge is 2.18. The number of amides is 2. The van der Waals surface area contributed by atoms with Crippen LogP contribution in [0, 0.1) is 0 Å². The van der Waals surface area contributed by atoms with Crippen molar-refractivity contribution in [3.63, 3.8) is 0 Å². The number of carbonyl (C=O) groups is 3. The molecule has 0 aliphatic heterocycles. The van der Waals surface area contributed by atoms with Gasteiger partial charge in [0.25, 0.3) is 5.91 Å². The van der Waals surface area contributed by atoms with E-state index < -0.39 is 11.9 Å². The van der Waals surface area contributed by atoms with E-state index in [-0.39, 0.29) is 31.0 Å². The lowest BCUT2D eigenvalue weighted by atomic mass is 10.1. The van der Waals surface area contributed by atoms with Crippen LogP contribution in [0.5, 0.6) is 0 Å². The third-order valence-corrected chi connectivity index (χ3v) is 3.47. The minimum atomic E-state index is -0.488. The molecule has 1 aromatic rings. The minimum absolute atomic E-state index is 0.0830. The minimum Gasteiger partial charge on any atom is -0.455 e. The van der Waals surface area contributed by atoms with Crippen LogP contribution in [0.25, 0.3) is 0 Å². The Morgan fingerprint density at radius 2 is 1.75 bits per heavy atom. The van der Waals surface area contributed by atoms with E-state index in [1.807, 2.05) is 32.9 Å². The molecule has 0 aliphatic carbocycles. The zero-order valence-electron chi connectivity index (χ0n) is 14.4. The smallest absolute Gasteiger partial charge is 0.310 e. The topological polar surface area (TPSA) is 75.7 Å². The Morgan fingerprint density at radius 3 is 2.29 bits per heavy atom. The van der Waals surface area contributed by atoms with E-state index in [1.54, 1.807) is 12.1 Å². The monoisotopic (exact) mass is 398 g/mol. The first-order valence-electron chi connectivity index (χ1n) is 7.52. The second-order valence-corrected chi connectivity index (χ2v) is 7.43. The van der Waals surface area contributed by atoms with Crippen LogP contribution < -0.4 is 5.32 Å². The molecule has 0 fully saturated rings. The van der Waals surface area contributed by atoms with E-state index >= 15 is 0 Å². The standard InChI is InChI=1S/C17H23BrN2O4/c1-17(2,3)19-14(21)10-20(4)15(22)11-24-16(23)9-12-5-7-13(18)8-6-12/h5-8H,9-11H2,1-4H3,(H,19,21). The molecule has 0 atom stereocenters. The number of likely N-dealkylation sites (N-methyl/N-ethyl adjacent to an activating group) is 1. The number of nitrogens with one attached hydrogen (secondary N) is 1. The maximum absolute atomic E-state index is 11.9. The summed E-state index contributed by atoms with van der Waals surface area (Å²) < 4.78 is 5.89. The molecular formula is C17H23BrN2O4. The average Bonchev–Trinajstić information content (AvgIpc) is 2.45. The molecule has 0 unspecified atom stereocenters. The van der Waals surface area contributed by atoms with Crippen LogP contribution in [-0.2, 0) is 25.5 Å². The van der Waals surface area contributed by atoms with Crippen LogP contribution in [0.15, 0.2) is 28.7 Å². The molecule has 0 saturated carbocycles. The van der Waals surface area contributed by atoms with Crippen molar-refractivity contribution in [1.29, 1.82) is 0 Å². The summed E-state index contributed by atoms with van der Waals surface area (Å²) in [6.07, 6.45) is 0.0920. The predicted molar refractivity (Wildman–Crippen MR) is 94.3 cm³/mol. The zero-order chi connectivity index (χ0) is 18.3. The van der Waals surface area contributed by atoms with Crippen LogP contribution in [0.3, 0.4) is 0 Å². The molecule has 6 nitrogen and oxygen atoms in total. The SMILES string of the molecule is CN(CC(=O)NC(C)(C)C)C(=O)COC(=O)Cc1ccc(Br)cc1. The molecule has 0 aromatic heterocycles. The lowest BCUT2D eigenvalue weighted by Crippen LogP contribution is -2.46. The summed E-state index contributed by atoms with van der Waals surface area (Å²) in [5, 5.41) is 2.76. The van der Waals surface area contributed by atoms with Crippen LogP contribution in [0.1, 0.15) is 26.3 Å². The van der Waals surface area contributed by atoms with Crippen LogP contribution in [-0.4, -0.2) is 48.4 Å². The highest BCUT2D eigenvalue weighted by atomic mass is 79.9. The summed E-state index contributed by atoms with van der Waals surface area (Å²) in [6.45, 7) is 5.11. The van der Waals surface area contributed by atoms with Crippen molar-refractivity contribution in [2.75, 3.05) is 20.2 Å². The van der Waals surface area contributed by atoms with Crippen molar-refractivity contribution < 1.29 is 19.1 Å². The Labute approximate surface area is 150 Å². The van der Waals surface area contributed by atoms with Gasteiger partial charge in [0.2, 0.25) is 5.91 Å². The fraction of sp³-hybridized carbons (Fsp3) is 0.471. The van der Waals surface area contributed by atoms with Gasteiger partial charge >= 0.3 is 5.97 Å². The first kappa shape index (κ1) is 20.2. The Hall–Kier alpha value is -1.89. The third kappa shape index (κ3) is 8.10. The van der Waals surface area contributed by atoms with E-state index in [2.05, 4.69) is 21.2 Å². The highest BCUT2D eigenvalue weighted by Crippen LogP contribution is 2.11.